The zero-order chi connectivity index (χ0) is 12.4. The smallest absolute Gasteiger partial charge is 0.281 e. The lowest BCUT2D eigenvalue weighted by Crippen LogP contribution is -2.41. The summed E-state index contributed by atoms with van der Waals surface area (Å²) in [4.78, 5) is 5.32. The number of oxime groups is 1. The Morgan fingerprint density at radius 1 is 1.33 bits per heavy atom. The molecule has 2 heterocycles. The fourth-order valence-electron chi connectivity index (χ4n) is 1.94. The third-order valence-corrected chi connectivity index (χ3v) is 2.96. The van der Waals surface area contributed by atoms with Gasteiger partial charge in [0.15, 0.2) is 0 Å². The Hall–Kier alpha value is -1.43. The van der Waals surface area contributed by atoms with Crippen molar-refractivity contribution in [3.63, 3.8) is 0 Å². The lowest BCUT2D eigenvalue weighted by Gasteiger charge is -2.27. The molecule has 0 spiro atoms. The number of nitrogens with zero attached hydrogens (tertiary/aromatic N) is 1. The van der Waals surface area contributed by atoms with Crippen LogP contribution in [0.5, 0.6) is 0 Å². The summed E-state index contributed by atoms with van der Waals surface area (Å²) in [6, 6.07) is 9.88. The molecule has 0 amide bonds. The second-order valence-corrected chi connectivity index (χ2v) is 4.41. The van der Waals surface area contributed by atoms with Gasteiger partial charge >= 0.3 is 0 Å². The minimum atomic E-state index is -0.900. The van der Waals surface area contributed by atoms with Gasteiger partial charge in [-0.3, -0.25) is 0 Å². The van der Waals surface area contributed by atoms with Crippen LogP contribution in [0.4, 0.5) is 0 Å². The van der Waals surface area contributed by atoms with Gasteiger partial charge in [0, 0.05) is 6.92 Å². The second kappa shape index (κ2) is 4.68. The summed E-state index contributed by atoms with van der Waals surface area (Å²) in [5.41, 5.74) is 1.81. The Kier molecular flexibility index (Phi) is 3.03. The van der Waals surface area contributed by atoms with E-state index in [0.29, 0.717) is 19.8 Å². The molecule has 3 rings (SSSR count). The number of fused-ring (bicyclic) bond motifs is 2. The first-order chi connectivity index (χ1) is 8.75. The quantitative estimate of drug-likeness (QED) is 0.765. The van der Waals surface area contributed by atoms with Gasteiger partial charge in [-0.15, -0.1) is 0 Å². The Labute approximate surface area is 105 Å². The number of hydrogen-bond acceptors (Lipinski definition) is 5. The monoisotopic (exact) mass is 249 g/mol. The van der Waals surface area contributed by atoms with Crippen molar-refractivity contribution in [2.24, 2.45) is 5.16 Å². The van der Waals surface area contributed by atoms with Crippen molar-refractivity contribution >= 4 is 5.71 Å². The molecule has 5 nitrogen and oxygen atoms in total. The molecule has 2 atom stereocenters. The maximum Gasteiger partial charge on any atom is 0.281 e. The largest absolute Gasteiger partial charge is 0.391 e. The van der Waals surface area contributed by atoms with Gasteiger partial charge in [-0.25, -0.2) is 0 Å². The van der Waals surface area contributed by atoms with Crippen LogP contribution < -0.4 is 0 Å². The standard InChI is InChI=1S/C13H15NO4/c1-13-15-8-11(12(18-13)9-16-13)14-17-7-10-5-3-2-4-6-10/h2-6,12H,7-9H2,1H3/b14-11-. The highest BCUT2D eigenvalue weighted by atomic mass is 16.9. The van der Waals surface area contributed by atoms with Crippen LogP contribution in [0, 0.1) is 0 Å². The minimum Gasteiger partial charge on any atom is -0.391 e. The molecule has 0 N–H and O–H groups in total. The normalized spacial score (nSPS) is 32.7. The SMILES string of the molecule is CC12OC/C(=N/OCc3ccccc3)C(CO1)O2. The third-order valence-electron chi connectivity index (χ3n) is 2.96. The van der Waals surface area contributed by atoms with E-state index in [1.807, 2.05) is 30.3 Å². The zero-order valence-corrected chi connectivity index (χ0v) is 10.2. The molecule has 5 heteroatoms. The summed E-state index contributed by atoms with van der Waals surface area (Å²) in [6.45, 7) is 3.05. The summed E-state index contributed by atoms with van der Waals surface area (Å²) in [6.07, 6.45) is -0.153. The van der Waals surface area contributed by atoms with E-state index in [2.05, 4.69) is 5.16 Å². The fourth-order valence-corrected chi connectivity index (χ4v) is 1.94. The average molecular weight is 249 g/mol. The maximum absolute atomic E-state index is 5.54. The lowest BCUT2D eigenvalue weighted by molar-refractivity contribution is -0.324. The number of rotatable bonds is 3. The zero-order valence-electron chi connectivity index (χ0n) is 10.2. The summed E-state index contributed by atoms with van der Waals surface area (Å²) >= 11 is 0. The Morgan fingerprint density at radius 3 is 3.00 bits per heavy atom. The molecular formula is C13H15NO4. The molecule has 2 bridgehead atoms. The van der Waals surface area contributed by atoms with E-state index < -0.39 is 5.97 Å². The molecule has 2 aliphatic rings. The van der Waals surface area contributed by atoms with Crippen LogP contribution in [0.2, 0.25) is 0 Å². The van der Waals surface area contributed by atoms with Crippen LogP contribution in [-0.4, -0.2) is 31.0 Å². The highest BCUT2D eigenvalue weighted by Gasteiger charge is 2.45. The summed E-state index contributed by atoms with van der Waals surface area (Å²) < 4.78 is 16.3. The molecule has 0 saturated carbocycles. The Balaban J connectivity index is 1.58. The van der Waals surface area contributed by atoms with E-state index in [-0.39, 0.29) is 6.10 Å². The lowest BCUT2D eigenvalue weighted by atomic mass is 10.2. The molecule has 2 unspecified atom stereocenters. The van der Waals surface area contributed by atoms with E-state index >= 15 is 0 Å². The van der Waals surface area contributed by atoms with E-state index in [1.54, 1.807) is 6.92 Å². The predicted molar refractivity (Wildman–Crippen MR) is 63.8 cm³/mol. The molecule has 1 aromatic rings. The molecule has 2 aliphatic heterocycles. The third kappa shape index (κ3) is 2.38. The summed E-state index contributed by atoms with van der Waals surface area (Å²) in [5.74, 6) is -0.900. The highest BCUT2D eigenvalue weighted by molar-refractivity contribution is 5.90. The molecular weight excluding hydrogens is 234 g/mol. The molecule has 2 saturated heterocycles. The van der Waals surface area contributed by atoms with Crippen LogP contribution in [0.1, 0.15) is 12.5 Å². The highest BCUT2D eigenvalue weighted by Crippen LogP contribution is 2.29. The van der Waals surface area contributed by atoms with Crippen molar-refractivity contribution in [1.29, 1.82) is 0 Å². The van der Waals surface area contributed by atoms with E-state index in [9.17, 15) is 0 Å². The number of hydrogen-bond donors (Lipinski definition) is 0. The first kappa shape index (κ1) is 11.6. The Morgan fingerprint density at radius 2 is 2.17 bits per heavy atom. The number of benzene rings is 1. The van der Waals surface area contributed by atoms with Crippen molar-refractivity contribution in [2.45, 2.75) is 25.6 Å². The first-order valence-electron chi connectivity index (χ1n) is 5.93. The van der Waals surface area contributed by atoms with Crippen molar-refractivity contribution in [3.8, 4) is 0 Å². The van der Waals surface area contributed by atoms with Crippen molar-refractivity contribution < 1.29 is 19.0 Å². The van der Waals surface area contributed by atoms with Gasteiger partial charge in [0.05, 0.1) is 13.2 Å². The van der Waals surface area contributed by atoms with Crippen LogP contribution in [0.25, 0.3) is 0 Å². The van der Waals surface area contributed by atoms with Crippen molar-refractivity contribution in [2.75, 3.05) is 13.2 Å². The minimum absolute atomic E-state index is 0.153. The van der Waals surface area contributed by atoms with E-state index in [1.165, 1.54) is 0 Å². The van der Waals surface area contributed by atoms with Gasteiger partial charge < -0.3 is 19.0 Å². The molecule has 96 valence electrons. The molecule has 2 fully saturated rings. The van der Waals surface area contributed by atoms with Gasteiger partial charge in [0.2, 0.25) is 0 Å². The summed E-state index contributed by atoms with van der Waals surface area (Å²) in [7, 11) is 0. The summed E-state index contributed by atoms with van der Waals surface area (Å²) in [5, 5.41) is 4.08. The van der Waals surface area contributed by atoms with Crippen LogP contribution in [0.3, 0.4) is 0 Å². The van der Waals surface area contributed by atoms with Gasteiger partial charge in [-0.2, -0.15) is 0 Å². The van der Waals surface area contributed by atoms with Gasteiger partial charge in [-0.1, -0.05) is 35.5 Å². The van der Waals surface area contributed by atoms with E-state index in [4.69, 9.17) is 19.0 Å². The second-order valence-electron chi connectivity index (χ2n) is 4.41. The molecule has 0 aromatic heterocycles. The van der Waals surface area contributed by atoms with Crippen LogP contribution in [0.15, 0.2) is 35.5 Å². The molecule has 0 aliphatic carbocycles. The van der Waals surface area contributed by atoms with E-state index in [0.717, 1.165) is 11.3 Å². The molecule has 18 heavy (non-hydrogen) atoms. The molecule has 1 aromatic carbocycles. The molecule has 0 radical (unpaired) electrons. The van der Waals surface area contributed by atoms with Crippen molar-refractivity contribution in [1.82, 2.24) is 0 Å². The average Bonchev–Trinajstić information content (AvgIpc) is 2.71. The maximum atomic E-state index is 5.54. The van der Waals surface area contributed by atoms with Gasteiger partial charge in [-0.05, 0) is 5.56 Å². The van der Waals surface area contributed by atoms with Crippen LogP contribution >= 0.6 is 0 Å². The fraction of sp³-hybridized carbons (Fsp3) is 0.462. The first-order valence-corrected chi connectivity index (χ1v) is 5.93. The topological polar surface area (TPSA) is 49.3 Å². The number of ether oxygens (including phenoxy) is 3. The Bertz CT molecular complexity index is 448. The van der Waals surface area contributed by atoms with Crippen LogP contribution in [-0.2, 0) is 25.7 Å². The predicted octanol–water partition coefficient (Wildman–Crippen LogP) is 1.68. The van der Waals surface area contributed by atoms with Crippen molar-refractivity contribution in [3.05, 3.63) is 35.9 Å². The van der Waals surface area contributed by atoms with Gasteiger partial charge in [0.1, 0.15) is 18.4 Å². The van der Waals surface area contributed by atoms with Gasteiger partial charge in [0.25, 0.3) is 5.97 Å².